The molecule has 1 nitrogen and oxygen atoms in total. The van der Waals surface area contributed by atoms with Gasteiger partial charge in [0.05, 0.1) is 6.10 Å². The molecular weight excluding hydrogens is 160 g/mol. The fourth-order valence-corrected chi connectivity index (χ4v) is 2.92. The highest BCUT2D eigenvalue weighted by Gasteiger charge is 2.47. The number of aliphatic hydroxyl groups excluding tert-OH is 1. The minimum atomic E-state index is -0.0607. The fraction of sp³-hybridized carbons (Fsp3) is 1.00. The first-order valence-corrected chi connectivity index (χ1v) is 5.91. The second-order valence-electron chi connectivity index (χ2n) is 5.25. The van der Waals surface area contributed by atoms with E-state index in [9.17, 15) is 5.11 Å². The van der Waals surface area contributed by atoms with E-state index in [1.165, 1.54) is 51.4 Å². The first-order valence-electron chi connectivity index (χ1n) is 5.91. The molecule has 2 rings (SSSR count). The molecule has 1 heteroatoms. The summed E-state index contributed by atoms with van der Waals surface area (Å²) in [7, 11) is 0. The monoisotopic (exact) mass is 182 g/mol. The molecule has 0 aliphatic heterocycles. The summed E-state index contributed by atoms with van der Waals surface area (Å²) in [5.41, 5.74) is 0.363. The Morgan fingerprint density at radius 3 is 2.31 bits per heavy atom. The molecular formula is C12H22O. The number of hydrogen-bond acceptors (Lipinski definition) is 1. The minimum absolute atomic E-state index is 0.0607. The molecule has 2 aliphatic carbocycles. The summed E-state index contributed by atoms with van der Waals surface area (Å²) in [5, 5.41) is 9.67. The van der Waals surface area contributed by atoms with Gasteiger partial charge < -0.3 is 5.11 Å². The average Bonchev–Trinajstić information content (AvgIpc) is 2.87. The molecule has 2 fully saturated rings. The highest BCUT2D eigenvalue weighted by molar-refractivity contribution is 4.98. The second kappa shape index (κ2) is 3.61. The quantitative estimate of drug-likeness (QED) is 0.711. The van der Waals surface area contributed by atoms with Crippen molar-refractivity contribution >= 4 is 0 Å². The SMILES string of the molecule is CC(O)C1(CC2CCCCC2)CC1. The van der Waals surface area contributed by atoms with Crippen LogP contribution in [0.15, 0.2) is 0 Å². The van der Waals surface area contributed by atoms with E-state index >= 15 is 0 Å². The second-order valence-corrected chi connectivity index (χ2v) is 5.25. The highest BCUT2D eigenvalue weighted by atomic mass is 16.3. The van der Waals surface area contributed by atoms with Crippen LogP contribution in [-0.2, 0) is 0 Å². The molecule has 2 aliphatic rings. The molecule has 0 spiro atoms. The maximum Gasteiger partial charge on any atom is 0.0568 e. The maximum atomic E-state index is 9.67. The van der Waals surface area contributed by atoms with E-state index in [0.717, 1.165) is 5.92 Å². The third-order valence-corrected chi connectivity index (χ3v) is 4.20. The molecule has 2 saturated carbocycles. The van der Waals surface area contributed by atoms with Gasteiger partial charge in [-0.2, -0.15) is 0 Å². The number of hydrogen-bond donors (Lipinski definition) is 1. The molecule has 0 amide bonds. The highest BCUT2D eigenvalue weighted by Crippen LogP contribution is 2.54. The van der Waals surface area contributed by atoms with Crippen molar-refractivity contribution in [2.45, 2.75) is 64.4 Å². The molecule has 1 unspecified atom stereocenters. The molecule has 0 saturated heterocycles. The van der Waals surface area contributed by atoms with Crippen LogP contribution >= 0.6 is 0 Å². The van der Waals surface area contributed by atoms with Crippen molar-refractivity contribution in [2.24, 2.45) is 11.3 Å². The van der Waals surface area contributed by atoms with Crippen molar-refractivity contribution in [1.29, 1.82) is 0 Å². The topological polar surface area (TPSA) is 20.2 Å². The molecule has 76 valence electrons. The van der Waals surface area contributed by atoms with Gasteiger partial charge in [-0.3, -0.25) is 0 Å². The lowest BCUT2D eigenvalue weighted by Crippen LogP contribution is -2.22. The van der Waals surface area contributed by atoms with Crippen LogP contribution < -0.4 is 0 Å². The first kappa shape index (κ1) is 9.51. The molecule has 0 heterocycles. The average molecular weight is 182 g/mol. The lowest BCUT2D eigenvalue weighted by Gasteiger charge is -2.28. The van der Waals surface area contributed by atoms with Crippen LogP contribution in [0.1, 0.15) is 58.3 Å². The van der Waals surface area contributed by atoms with E-state index in [1.807, 2.05) is 6.92 Å². The summed E-state index contributed by atoms with van der Waals surface area (Å²) < 4.78 is 0. The molecule has 0 bridgehead atoms. The van der Waals surface area contributed by atoms with Gasteiger partial charge in [-0.1, -0.05) is 32.1 Å². The third-order valence-electron chi connectivity index (χ3n) is 4.20. The van der Waals surface area contributed by atoms with Crippen LogP contribution in [0.3, 0.4) is 0 Å². The molecule has 0 aromatic heterocycles. The molecule has 0 aromatic carbocycles. The van der Waals surface area contributed by atoms with Gasteiger partial charge in [0.15, 0.2) is 0 Å². The standard InChI is InChI=1S/C12H22O/c1-10(13)12(7-8-12)9-11-5-3-2-4-6-11/h10-11,13H,2-9H2,1H3. The summed E-state index contributed by atoms with van der Waals surface area (Å²) >= 11 is 0. The Kier molecular flexibility index (Phi) is 2.64. The molecule has 13 heavy (non-hydrogen) atoms. The Hall–Kier alpha value is -0.0400. The smallest absolute Gasteiger partial charge is 0.0568 e. The van der Waals surface area contributed by atoms with E-state index in [2.05, 4.69) is 0 Å². The predicted octanol–water partition coefficient (Wildman–Crippen LogP) is 3.12. The summed E-state index contributed by atoms with van der Waals surface area (Å²) in [5.74, 6) is 0.936. The maximum absolute atomic E-state index is 9.67. The van der Waals surface area contributed by atoms with Crippen LogP contribution in [0.2, 0.25) is 0 Å². The largest absolute Gasteiger partial charge is 0.393 e. The van der Waals surface area contributed by atoms with Gasteiger partial charge in [0.1, 0.15) is 0 Å². The van der Waals surface area contributed by atoms with Gasteiger partial charge >= 0.3 is 0 Å². The van der Waals surface area contributed by atoms with Crippen molar-refractivity contribution in [3.8, 4) is 0 Å². The number of aliphatic hydroxyl groups is 1. The van der Waals surface area contributed by atoms with E-state index in [1.54, 1.807) is 0 Å². The van der Waals surface area contributed by atoms with Crippen molar-refractivity contribution in [2.75, 3.05) is 0 Å². The Bertz CT molecular complexity index is 164. The summed E-state index contributed by atoms with van der Waals surface area (Å²) in [6, 6.07) is 0. The molecule has 1 N–H and O–H groups in total. The lowest BCUT2D eigenvalue weighted by atomic mass is 9.80. The molecule has 0 radical (unpaired) electrons. The number of rotatable bonds is 3. The van der Waals surface area contributed by atoms with Crippen LogP contribution in [0.4, 0.5) is 0 Å². The van der Waals surface area contributed by atoms with Crippen molar-refractivity contribution < 1.29 is 5.11 Å². The summed E-state index contributed by atoms with van der Waals surface area (Å²) in [6.07, 6.45) is 11.0. The van der Waals surface area contributed by atoms with Gasteiger partial charge in [0.2, 0.25) is 0 Å². The summed E-state index contributed by atoms with van der Waals surface area (Å²) in [6.45, 7) is 1.98. The van der Waals surface area contributed by atoms with E-state index in [4.69, 9.17) is 0 Å². The van der Waals surface area contributed by atoms with Gasteiger partial charge in [0, 0.05) is 0 Å². The van der Waals surface area contributed by atoms with Crippen LogP contribution in [0.25, 0.3) is 0 Å². The zero-order valence-corrected chi connectivity index (χ0v) is 8.76. The van der Waals surface area contributed by atoms with E-state index in [0.29, 0.717) is 5.41 Å². The van der Waals surface area contributed by atoms with Crippen LogP contribution in [0.5, 0.6) is 0 Å². The van der Waals surface area contributed by atoms with Crippen molar-refractivity contribution in [1.82, 2.24) is 0 Å². The van der Waals surface area contributed by atoms with Crippen LogP contribution in [-0.4, -0.2) is 11.2 Å². The zero-order chi connectivity index (χ0) is 9.31. The lowest BCUT2D eigenvalue weighted by molar-refractivity contribution is 0.0862. The first-order chi connectivity index (χ1) is 6.23. The third kappa shape index (κ3) is 2.07. The van der Waals surface area contributed by atoms with Gasteiger partial charge in [-0.05, 0) is 37.5 Å². The molecule has 0 aromatic rings. The van der Waals surface area contributed by atoms with Crippen molar-refractivity contribution in [3.63, 3.8) is 0 Å². The fourth-order valence-electron chi connectivity index (χ4n) is 2.92. The normalized spacial score (nSPS) is 30.0. The molecule has 1 atom stereocenters. The Morgan fingerprint density at radius 1 is 1.23 bits per heavy atom. The van der Waals surface area contributed by atoms with Crippen molar-refractivity contribution in [3.05, 3.63) is 0 Å². The predicted molar refractivity (Wildman–Crippen MR) is 54.5 cm³/mol. The van der Waals surface area contributed by atoms with Gasteiger partial charge in [0.25, 0.3) is 0 Å². The van der Waals surface area contributed by atoms with E-state index in [-0.39, 0.29) is 6.10 Å². The van der Waals surface area contributed by atoms with Crippen LogP contribution in [0, 0.1) is 11.3 Å². The van der Waals surface area contributed by atoms with E-state index < -0.39 is 0 Å². The summed E-state index contributed by atoms with van der Waals surface area (Å²) in [4.78, 5) is 0. The zero-order valence-electron chi connectivity index (χ0n) is 8.76. The Labute approximate surface area is 81.5 Å². The Morgan fingerprint density at radius 2 is 1.85 bits per heavy atom. The van der Waals surface area contributed by atoms with Gasteiger partial charge in [-0.25, -0.2) is 0 Å². The van der Waals surface area contributed by atoms with Gasteiger partial charge in [-0.15, -0.1) is 0 Å². The Balaban J connectivity index is 1.82. The minimum Gasteiger partial charge on any atom is -0.393 e.